The van der Waals surface area contributed by atoms with E-state index in [1.807, 2.05) is 34.6 Å². The minimum absolute atomic E-state index is 0.391. The van der Waals surface area contributed by atoms with Crippen LogP contribution in [-0.2, 0) is 9.31 Å². The summed E-state index contributed by atoms with van der Waals surface area (Å²) < 4.78 is 25.3. The minimum atomic E-state index is -1.18. The van der Waals surface area contributed by atoms with Gasteiger partial charge in [-0.3, -0.25) is 4.99 Å². The van der Waals surface area contributed by atoms with Crippen LogP contribution in [0.2, 0.25) is 0 Å². The Labute approximate surface area is 110 Å². The molecule has 0 aliphatic carbocycles. The van der Waals surface area contributed by atoms with Gasteiger partial charge in [-0.15, -0.1) is 0 Å². The topological polar surface area (TPSA) is 30.8 Å². The first-order chi connectivity index (χ1) is 8.19. The van der Waals surface area contributed by atoms with Crippen molar-refractivity contribution in [3.05, 3.63) is 11.5 Å². The van der Waals surface area contributed by atoms with Crippen molar-refractivity contribution in [2.75, 3.05) is 6.54 Å². The smallest absolute Gasteiger partial charge is 0.400 e. The fourth-order valence-corrected chi connectivity index (χ4v) is 1.58. The van der Waals surface area contributed by atoms with Gasteiger partial charge in [-0.05, 0) is 47.1 Å². The number of hydrogen-bond donors (Lipinski definition) is 0. The molecule has 0 saturated carbocycles. The fraction of sp³-hybridized carbons (Fsp3) is 0.769. The number of nitrogens with zero attached hydrogens (tertiary/aromatic N) is 1. The molecule has 0 radical (unpaired) electrons. The van der Waals surface area contributed by atoms with E-state index < -0.39 is 24.5 Å². The second-order valence-corrected chi connectivity index (χ2v) is 5.59. The van der Waals surface area contributed by atoms with Crippen LogP contribution < -0.4 is 0 Å². The maximum Gasteiger partial charge on any atom is 0.487 e. The van der Waals surface area contributed by atoms with Gasteiger partial charge in [-0.2, -0.15) is 0 Å². The summed E-state index contributed by atoms with van der Waals surface area (Å²) in [6.45, 7) is 12.1. The van der Waals surface area contributed by atoms with Gasteiger partial charge >= 0.3 is 7.12 Å². The molecule has 1 saturated heterocycles. The normalized spacial score (nSPS) is 24.8. The molecule has 18 heavy (non-hydrogen) atoms. The molecule has 102 valence electrons. The highest BCUT2D eigenvalue weighted by Crippen LogP contribution is 2.37. The maximum absolute atomic E-state index is 13.7. The molecule has 0 spiro atoms. The molecule has 0 aromatic heterocycles. The molecular formula is C13H23BFNO2. The van der Waals surface area contributed by atoms with Gasteiger partial charge in [-0.1, -0.05) is 5.98 Å². The summed E-state index contributed by atoms with van der Waals surface area (Å²) in [5, 5.41) is 0. The highest BCUT2D eigenvalue weighted by Gasteiger charge is 2.50. The van der Waals surface area contributed by atoms with Gasteiger partial charge in [0.1, 0.15) is 0 Å². The highest BCUT2D eigenvalue weighted by atomic mass is 19.1. The number of halogens is 1. The zero-order chi connectivity index (χ0) is 14.0. The quantitative estimate of drug-likeness (QED) is 0.571. The first-order valence-corrected chi connectivity index (χ1v) is 6.37. The largest absolute Gasteiger partial charge is 0.487 e. The van der Waals surface area contributed by atoms with Crippen molar-refractivity contribution in [2.45, 2.75) is 58.9 Å². The van der Waals surface area contributed by atoms with Crippen LogP contribution in [0.1, 0.15) is 41.5 Å². The van der Waals surface area contributed by atoms with E-state index >= 15 is 0 Å². The SMILES string of the molecule is CCN=CC(F)/C(C)=C/B1OC(C)(C)C(C)(C)O1. The second-order valence-electron chi connectivity index (χ2n) is 5.59. The van der Waals surface area contributed by atoms with E-state index in [0.29, 0.717) is 12.1 Å². The molecule has 0 amide bonds. The Morgan fingerprint density at radius 3 is 2.22 bits per heavy atom. The molecule has 1 aliphatic rings. The van der Waals surface area contributed by atoms with Gasteiger partial charge in [0.2, 0.25) is 0 Å². The van der Waals surface area contributed by atoms with E-state index in [2.05, 4.69) is 4.99 Å². The van der Waals surface area contributed by atoms with Gasteiger partial charge in [0.05, 0.1) is 11.2 Å². The van der Waals surface area contributed by atoms with Crippen molar-refractivity contribution in [1.82, 2.24) is 0 Å². The monoisotopic (exact) mass is 255 g/mol. The molecule has 1 fully saturated rings. The Kier molecular flexibility index (Phi) is 4.73. The number of rotatable bonds is 4. The molecule has 0 aromatic carbocycles. The third-order valence-corrected chi connectivity index (χ3v) is 3.52. The Balaban J connectivity index is 2.72. The van der Waals surface area contributed by atoms with Crippen LogP contribution in [0.15, 0.2) is 16.5 Å². The van der Waals surface area contributed by atoms with Gasteiger partial charge in [0.25, 0.3) is 0 Å². The average Bonchev–Trinajstić information content (AvgIpc) is 2.43. The second kappa shape index (κ2) is 5.53. The van der Waals surface area contributed by atoms with Gasteiger partial charge < -0.3 is 9.31 Å². The third-order valence-electron chi connectivity index (χ3n) is 3.52. The molecule has 0 N–H and O–H groups in total. The predicted octanol–water partition coefficient (Wildman–Crippen LogP) is 2.99. The molecule has 1 rings (SSSR count). The average molecular weight is 255 g/mol. The van der Waals surface area contributed by atoms with Crippen molar-refractivity contribution in [3.8, 4) is 0 Å². The van der Waals surface area contributed by atoms with Crippen LogP contribution in [0.4, 0.5) is 4.39 Å². The molecule has 1 heterocycles. The molecule has 0 aromatic rings. The van der Waals surface area contributed by atoms with Crippen LogP contribution in [0.25, 0.3) is 0 Å². The number of aliphatic imine (C=N–C) groups is 1. The molecule has 1 aliphatic heterocycles. The third kappa shape index (κ3) is 3.42. The first kappa shape index (κ1) is 15.4. The summed E-state index contributed by atoms with van der Waals surface area (Å²) in [6.07, 6.45) is 0.140. The Morgan fingerprint density at radius 1 is 1.28 bits per heavy atom. The molecule has 1 atom stereocenters. The Hall–Kier alpha value is -0.675. The van der Waals surface area contributed by atoms with Crippen LogP contribution in [0.5, 0.6) is 0 Å². The zero-order valence-electron chi connectivity index (χ0n) is 12.2. The minimum Gasteiger partial charge on any atom is -0.400 e. The van der Waals surface area contributed by atoms with Crippen molar-refractivity contribution < 1.29 is 13.7 Å². The lowest BCUT2D eigenvalue weighted by atomic mass is 9.86. The summed E-state index contributed by atoms with van der Waals surface area (Å²) in [7, 11) is -0.497. The van der Waals surface area contributed by atoms with Crippen LogP contribution in [0, 0.1) is 0 Å². The van der Waals surface area contributed by atoms with Crippen LogP contribution in [0.3, 0.4) is 0 Å². The summed E-state index contributed by atoms with van der Waals surface area (Å²) >= 11 is 0. The first-order valence-electron chi connectivity index (χ1n) is 6.37. The summed E-state index contributed by atoms with van der Waals surface area (Å²) in [4.78, 5) is 3.90. The molecule has 1 unspecified atom stereocenters. The van der Waals surface area contributed by atoms with Gasteiger partial charge in [0, 0.05) is 12.8 Å². The lowest BCUT2D eigenvalue weighted by molar-refractivity contribution is 0.00578. The standard InChI is InChI=1S/C13H23BFNO2/c1-7-16-9-11(15)10(2)8-14-17-12(3,4)13(5,6)18-14/h8-9,11H,7H2,1-6H3/b10-8+,16-9?. The zero-order valence-corrected chi connectivity index (χ0v) is 12.2. The summed E-state index contributed by atoms with van der Waals surface area (Å²) in [5.74, 6) is 1.68. The van der Waals surface area contributed by atoms with Crippen molar-refractivity contribution >= 4 is 13.3 Å². The fourth-order valence-electron chi connectivity index (χ4n) is 1.58. The molecule has 5 heteroatoms. The van der Waals surface area contributed by atoms with Crippen molar-refractivity contribution in [2.24, 2.45) is 4.99 Å². The number of hydrogen-bond acceptors (Lipinski definition) is 3. The van der Waals surface area contributed by atoms with E-state index in [4.69, 9.17) is 9.31 Å². The molecule has 3 nitrogen and oxygen atoms in total. The molecule has 0 bridgehead atoms. The van der Waals surface area contributed by atoms with Crippen LogP contribution in [-0.4, -0.2) is 37.3 Å². The number of alkyl halides is 1. The van der Waals surface area contributed by atoms with E-state index in [1.165, 1.54) is 6.21 Å². The van der Waals surface area contributed by atoms with E-state index in [9.17, 15) is 4.39 Å². The van der Waals surface area contributed by atoms with E-state index in [1.54, 1.807) is 12.9 Å². The predicted molar refractivity (Wildman–Crippen MR) is 73.8 cm³/mol. The Morgan fingerprint density at radius 2 is 1.78 bits per heavy atom. The van der Waals surface area contributed by atoms with Crippen molar-refractivity contribution in [3.63, 3.8) is 0 Å². The number of allylic oxidation sites excluding steroid dienone is 1. The highest BCUT2D eigenvalue weighted by molar-refractivity contribution is 6.51. The maximum atomic E-state index is 13.7. The lowest BCUT2D eigenvalue weighted by Crippen LogP contribution is -2.41. The van der Waals surface area contributed by atoms with Crippen LogP contribution >= 0.6 is 0 Å². The van der Waals surface area contributed by atoms with Crippen molar-refractivity contribution in [1.29, 1.82) is 0 Å². The van der Waals surface area contributed by atoms with Gasteiger partial charge in [-0.25, -0.2) is 4.39 Å². The molecular weight excluding hydrogens is 232 g/mol. The summed E-state index contributed by atoms with van der Waals surface area (Å²) in [6, 6.07) is 0. The van der Waals surface area contributed by atoms with Gasteiger partial charge in [0.15, 0.2) is 6.17 Å². The lowest BCUT2D eigenvalue weighted by Gasteiger charge is -2.32. The van der Waals surface area contributed by atoms with E-state index in [0.717, 1.165) is 0 Å². The van der Waals surface area contributed by atoms with E-state index in [-0.39, 0.29) is 0 Å². The summed E-state index contributed by atoms with van der Waals surface area (Å²) in [5.41, 5.74) is -0.221. The Bertz CT molecular complexity index is 337.